The van der Waals surface area contributed by atoms with Crippen molar-refractivity contribution in [3.8, 4) is 11.5 Å². The third-order valence-electron chi connectivity index (χ3n) is 1.99. The number of nitrogen functional groups attached to an aromatic ring is 1. The summed E-state index contributed by atoms with van der Waals surface area (Å²) in [6, 6.07) is 1.82. The van der Waals surface area contributed by atoms with Gasteiger partial charge in [0, 0.05) is 12.5 Å². The number of nitrogens with zero attached hydrogens (tertiary/aromatic N) is 3. The minimum Gasteiger partial charge on any atom is -0.361 e. The van der Waals surface area contributed by atoms with Gasteiger partial charge in [0.25, 0.3) is 0 Å². The molecule has 0 aliphatic heterocycles. The Kier molecular flexibility index (Phi) is 2.55. The van der Waals surface area contributed by atoms with Crippen LogP contribution in [0.15, 0.2) is 10.6 Å². The van der Waals surface area contributed by atoms with Crippen molar-refractivity contribution in [2.24, 2.45) is 0 Å². The molecule has 0 aliphatic carbocycles. The van der Waals surface area contributed by atoms with Gasteiger partial charge in [0.2, 0.25) is 10.6 Å². The van der Waals surface area contributed by atoms with E-state index in [4.69, 9.17) is 22.6 Å². The molecule has 80 valence electrons. The number of nitrogens with two attached hydrogens (primary N) is 1. The molecule has 2 aromatic rings. The monoisotopic (exact) mass is 225 g/mol. The highest BCUT2D eigenvalue weighted by Crippen LogP contribution is 2.16. The van der Waals surface area contributed by atoms with Crippen LogP contribution in [0.25, 0.3) is 11.5 Å². The fraction of sp³-hybridized carbons (Fsp3) is 0.375. The van der Waals surface area contributed by atoms with Gasteiger partial charge < -0.3 is 10.4 Å². The lowest BCUT2D eigenvalue weighted by molar-refractivity contribution is 0.384. The summed E-state index contributed by atoms with van der Waals surface area (Å²) in [7, 11) is 0. The molecule has 0 aromatic carbocycles. The summed E-state index contributed by atoms with van der Waals surface area (Å²) in [5, 5.41) is 10.4. The lowest BCUT2D eigenvalue weighted by Gasteiger charge is -1.92. The maximum Gasteiger partial charge on any atom is 0.214 e. The first-order valence-corrected chi connectivity index (χ1v) is 5.01. The first-order valence-electron chi connectivity index (χ1n) is 4.61. The second-order valence-electron chi connectivity index (χ2n) is 3.15. The fourth-order valence-electron chi connectivity index (χ4n) is 1.27. The molecule has 0 amide bonds. The Labute approximate surface area is 91.0 Å². The van der Waals surface area contributed by atoms with Gasteiger partial charge in [-0.3, -0.25) is 0 Å². The van der Waals surface area contributed by atoms with E-state index >= 15 is 0 Å². The van der Waals surface area contributed by atoms with Crippen LogP contribution in [0.5, 0.6) is 0 Å². The van der Waals surface area contributed by atoms with Crippen molar-refractivity contribution in [1.29, 1.82) is 0 Å². The van der Waals surface area contributed by atoms with Crippen molar-refractivity contribution in [3.63, 3.8) is 0 Å². The molecule has 6 nitrogen and oxygen atoms in total. The third kappa shape index (κ3) is 1.78. The number of H-pyrrole nitrogens is 1. The van der Waals surface area contributed by atoms with Crippen molar-refractivity contribution in [2.45, 2.75) is 19.8 Å². The van der Waals surface area contributed by atoms with Gasteiger partial charge in [0.1, 0.15) is 5.76 Å². The number of hydrogen-bond acceptors (Lipinski definition) is 5. The molecule has 2 rings (SSSR count). The van der Waals surface area contributed by atoms with Gasteiger partial charge >= 0.3 is 0 Å². The van der Waals surface area contributed by atoms with Gasteiger partial charge in [0.05, 0.1) is 0 Å². The quantitative estimate of drug-likeness (QED) is 0.606. The van der Waals surface area contributed by atoms with Gasteiger partial charge in [0.15, 0.2) is 5.69 Å². The zero-order chi connectivity index (χ0) is 10.8. The lowest BCUT2D eigenvalue weighted by atomic mass is 10.2. The Morgan fingerprint density at radius 3 is 3.07 bits per heavy atom. The normalized spacial score (nSPS) is 10.7. The zero-order valence-electron chi connectivity index (χ0n) is 8.23. The highest BCUT2D eigenvalue weighted by atomic mass is 32.1. The van der Waals surface area contributed by atoms with Crippen molar-refractivity contribution >= 4 is 12.2 Å². The second-order valence-corrected chi connectivity index (χ2v) is 3.54. The van der Waals surface area contributed by atoms with Crippen LogP contribution in [-0.2, 0) is 6.42 Å². The highest BCUT2D eigenvalue weighted by molar-refractivity contribution is 7.71. The van der Waals surface area contributed by atoms with E-state index in [1.807, 2.05) is 6.07 Å². The van der Waals surface area contributed by atoms with Crippen LogP contribution < -0.4 is 5.84 Å². The molecule has 2 aromatic heterocycles. The van der Waals surface area contributed by atoms with Crippen LogP contribution in [0.3, 0.4) is 0 Å². The molecule has 0 unspecified atom stereocenters. The van der Waals surface area contributed by atoms with Crippen LogP contribution in [-0.4, -0.2) is 20.0 Å². The van der Waals surface area contributed by atoms with Crippen LogP contribution in [0.1, 0.15) is 19.1 Å². The molecule has 0 radical (unpaired) electrons. The molecular weight excluding hydrogens is 214 g/mol. The Bertz CT molecular complexity index is 511. The van der Waals surface area contributed by atoms with Crippen molar-refractivity contribution < 1.29 is 4.52 Å². The highest BCUT2D eigenvalue weighted by Gasteiger charge is 2.11. The largest absolute Gasteiger partial charge is 0.361 e. The van der Waals surface area contributed by atoms with E-state index in [2.05, 4.69) is 22.3 Å². The van der Waals surface area contributed by atoms with Crippen LogP contribution in [0, 0.1) is 4.77 Å². The standard InChI is InChI=1S/C8H11N5OS/c1-2-3-5-4-6(12-14-5)7-10-11-8(15)13(7)9/h4H,2-3,9H2,1H3,(H,11,15). The van der Waals surface area contributed by atoms with Gasteiger partial charge in [-0.15, -0.1) is 0 Å². The van der Waals surface area contributed by atoms with Gasteiger partial charge in [-0.1, -0.05) is 12.1 Å². The summed E-state index contributed by atoms with van der Waals surface area (Å²) in [6.45, 7) is 2.07. The summed E-state index contributed by atoms with van der Waals surface area (Å²) in [5.74, 6) is 6.95. The first-order chi connectivity index (χ1) is 7.22. The maximum absolute atomic E-state index is 5.65. The fourth-order valence-corrected chi connectivity index (χ4v) is 1.40. The summed E-state index contributed by atoms with van der Waals surface area (Å²) >= 11 is 4.89. The van der Waals surface area contributed by atoms with E-state index in [9.17, 15) is 0 Å². The summed E-state index contributed by atoms with van der Waals surface area (Å²) < 4.78 is 6.74. The predicted molar refractivity (Wildman–Crippen MR) is 57.1 cm³/mol. The van der Waals surface area contributed by atoms with E-state index < -0.39 is 0 Å². The minimum atomic E-state index is 0.352. The SMILES string of the molecule is CCCc1cc(-c2n[nH]c(=S)n2N)no1. The molecule has 0 spiro atoms. The number of hydrogen-bond donors (Lipinski definition) is 2. The number of aromatic nitrogens is 4. The smallest absolute Gasteiger partial charge is 0.214 e. The predicted octanol–water partition coefficient (Wildman–Crippen LogP) is 1.26. The number of aryl methyl sites for hydroxylation is 1. The van der Waals surface area contributed by atoms with Crippen molar-refractivity contribution in [3.05, 3.63) is 16.6 Å². The summed E-state index contributed by atoms with van der Waals surface area (Å²) in [6.07, 6.45) is 1.85. The third-order valence-corrected chi connectivity index (χ3v) is 2.28. The number of rotatable bonds is 3. The lowest BCUT2D eigenvalue weighted by Crippen LogP contribution is -2.09. The summed E-state index contributed by atoms with van der Waals surface area (Å²) in [4.78, 5) is 0. The van der Waals surface area contributed by atoms with E-state index in [0.717, 1.165) is 18.6 Å². The average Bonchev–Trinajstić information content (AvgIpc) is 2.77. The molecular formula is C8H11N5OS. The van der Waals surface area contributed by atoms with E-state index in [0.29, 0.717) is 16.3 Å². The Morgan fingerprint density at radius 1 is 1.67 bits per heavy atom. The topological polar surface area (TPSA) is 85.7 Å². The van der Waals surface area contributed by atoms with E-state index in [1.54, 1.807) is 0 Å². The molecule has 0 bridgehead atoms. The molecule has 3 N–H and O–H groups in total. The van der Waals surface area contributed by atoms with Crippen molar-refractivity contribution in [2.75, 3.05) is 5.84 Å². The van der Waals surface area contributed by atoms with Crippen molar-refractivity contribution in [1.82, 2.24) is 20.0 Å². The van der Waals surface area contributed by atoms with Gasteiger partial charge in [-0.25, -0.2) is 9.77 Å². The molecule has 2 heterocycles. The molecule has 0 saturated heterocycles. The zero-order valence-corrected chi connectivity index (χ0v) is 9.04. The molecule has 0 aliphatic rings. The van der Waals surface area contributed by atoms with Crippen LogP contribution in [0.2, 0.25) is 0 Å². The second kappa shape index (κ2) is 3.85. The van der Waals surface area contributed by atoms with E-state index in [1.165, 1.54) is 4.68 Å². The number of aromatic amines is 1. The Morgan fingerprint density at radius 2 is 2.47 bits per heavy atom. The average molecular weight is 225 g/mol. The maximum atomic E-state index is 5.65. The van der Waals surface area contributed by atoms with E-state index in [-0.39, 0.29) is 0 Å². The molecule has 0 atom stereocenters. The Balaban J connectivity index is 2.37. The minimum absolute atomic E-state index is 0.352. The molecule has 15 heavy (non-hydrogen) atoms. The molecule has 0 fully saturated rings. The number of nitrogens with one attached hydrogen (secondary N) is 1. The molecule has 0 saturated carbocycles. The first kappa shape index (κ1) is 9.91. The summed E-state index contributed by atoms with van der Waals surface area (Å²) in [5.41, 5.74) is 0.591. The van der Waals surface area contributed by atoms with Crippen LogP contribution >= 0.6 is 12.2 Å². The van der Waals surface area contributed by atoms with Gasteiger partial charge in [-0.05, 0) is 18.6 Å². The van der Waals surface area contributed by atoms with Gasteiger partial charge in [-0.2, -0.15) is 5.10 Å². The van der Waals surface area contributed by atoms with Crippen LogP contribution in [0.4, 0.5) is 0 Å². The Hall–Kier alpha value is -1.63. The molecule has 7 heteroatoms.